The number of carbonyl (C=O) groups is 1. The van der Waals surface area contributed by atoms with Crippen molar-refractivity contribution in [1.82, 2.24) is 4.90 Å². The molecule has 0 radical (unpaired) electrons. The molecule has 0 saturated carbocycles. The summed E-state index contributed by atoms with van der Waals surface area (Å²) >= 11 is 0. The van der Waals surface area contributed by atoms with Crippen LogP contribution in [-0.4, -0.2) is 60.9 Å². The lowest BCUT2D eigenvalue weighted by atomic mass is 9.87. The number of rotatable bonds is 6. The highest BCUT2D eigenvalue weighted by atomic mass is 16.7. The van der Waals surface area contributed by atoms with Crippen LogP contribution < -0.4 is 0 Å². The highest BCUT2D eigenvalue weighted by Gasteiger charge is 2.37. The van der Waals surface area contributed by atoms with Crippen LogP contribution in [0, 0.1) is 18.3 Å². The molecular weight excluding hydrogens is 298 g/mol. The third kappa shape index (κ3) is 6.78. The molecule has 1 saturated heterocycles. The van der Waals surface area contributed by atoms with Gasteiger partial charge in [-0.2, -0.15) is 0 Å². The van der Waals surface area contributed by atoms with Crippen LogP contribution in [0.25, 0.3) is 0 Å². The maximum absolute atomic E-state index is 12.2. The van der Waals surface area contributed by atoms with Crippen molar-refractivity contribution in [3.63, 3.8) is 0 Å². The quantitative estimate of drug-likeness (QED) is 0.597. The molecule has 0 aromatic heterocycles. The molecule has 0 bridgehead atoms. The molecule has 1 amide bonds. The van der Waals surface area contributed by atoms with E-state index < -0.39 is 11.7 Å². The Kier molecular flexibility index (Phi) is 7.83. The summed E-state index contributed by atoms with van der Waals surface area (Å²) in [6.45, 7) is 6.48. The van der Waals surface area contributed by atoms with Crippen molar-refractivity contribution in [3.05, 3.63) is 0 Å². The van der Waals surface area contributed by atoms with E-state index in [9.17, 15) is 9.90 Å². The number of methoxy groups -OCH3 is 1. The van der Waals surface area contributed by atoms with Crippen molar-refractivity contribution in [2.24, 2.45) is 5.92 Å². The fourth-order valence-corrected chi connectivity index (χ4v) is 2.63. The zero-order valence-electron chi connectivity index (χ0n) is 14.6. The van der Waals surface area contributed by atoms with Crippen LogP contribution in [-0.2, 0) is 14.2 Å². The predicted molar refractivity (Wildman–Crippen MR) is 86.7 cm³/mol. The molecule has 23 heavy (non-hydrogen) atoms. The zero-order valence-corrected chi connectivity index (χ0v) is 14.6. The second-order valence-corrected chi connectivity index (χ2v) is 6.80. The monoisotopic (exact) mass is 327 g/mol. The minimum absolute atomic E-state index is 0.130. The van der Waals surface area contributed by atoms with Gasteiger partial charge in [0, 0.05) is 32.5 Å². The third-order valence-electron chi connectivity index (χ3n) is 3.72. The highest BCUT2D eigenvalue weighted by molar-refractivity contribution is 5.68. The van der Waals surface area contributed by atoms with E-state index in [2.05, 4.69) is 5.92 Å². The maximum atomic E-state index is 12.2. The summed E-state index contributed by atoms with van der Waals surface area (Å²) in [7, 11) is 1.54. The normalized spacial score (nSPS) is 23.2. The summed E-state index contributed by atoms with van der Waals surface area (Å²) in [6, 6.07) is 0. The number of terminal acetylenes is 1. The summed E-state index contributed by atoms with van der Waals surface area (Å²) in [5, 5.41) is 10.3. The fourth-order valence-electron chi connectivity index (χ4n) is 2.63. The number of aliphatic hydroxyl groups is 1. The Hall–Kier alpha value is -1.29. The number of carbonyl (C=O) groups excluding carboxylic acids is 1. The van der Waals surface area contributed by atoms with Gasteiger partial charge in [0.15, 0.2) is 0 Å². The maximum Gasteiger partial charge on any atom is 0.410 e. The number of hydrogen-bond acceptors (Lipinski definition) is 5. The van der Waals surface area contributed by atoms with Crippen LogP contribution in [0.3, 0.4) is 0 Å². The standard InChI is InChI=1S/C17H29NO5/c1-6-7-8-15(22-12-21-5)13-11-18(10-9-14(13)19)16(20)23-17(2,3)4/h1,13-15,19H,7-12H2,2-5H3. The first kappa shape index (κ1) is 19.8. The van der Waals surface area contributed by atoms with Gasteiger partial charge in [0.25, 0.3) is 0 Å². The summed E-state index contributed by atoms with van der Waals surface area (Å²) in [5.74, 6) is 2.38. The number of likely N-dealkylation sites (tertiary alicyclic amines) is 1. The largest absolute Gasteiger partial charge is 0.444 e. The van der Waals surface area contributed by atoms with Crippen LogP contribution >= 0.6 is 0 Å². The van der Waals surface area contributed by atoms with E-state index in [4.69, 9.17) is 20.6 Å². The van der Waals surface area contributed by atoms with Crippen LogP contribution in [0.4, 0.5) is 4.79 Å². The molecule has 1 aliphatic heterocycles. The Morgan fingerprint density at radius 3 is 2.74 bits per heavy atom. The Balaban J connectivity index is 2.73. The van der Waals surface area contributed by atoms with Gasteiger partial charge in [0.2, 0.25) is 0 Å². The molecule has 0 spiro atoms. The number of ether oxygens (including phenoxy) is 3. The smallest absolute Gasteiger partial charge is 0.410 e. The summed E-state index contributed by atoms with van der Waals surface area (Å²) in [6.07, 6.45) is 5.83. The minimum atomic E-state index is -0.544. The number of amides is 1. The predicted octanol–water partition coefficient (Wildman–Crippen LogP) is 2.01. The summed E-state index contributed by atoms with van der Waals surface area (Å²) < 4.78 is 16.0. The van der Waals surface area contributed by atoms with Crippen molar-refractivity contribution in [2.45, 2.75) is 57.8 Å². The number of piperidine rings is 1. The third-order valence-corrected chi connectivity index (χ3v) is 3.72. The van der Waals surface area contributed by atoms with Gasteiger partial charge in [0.05, 0.1) is 12.2 Å². The molecule has 3 unspecified atom stereocenters. The van der Waals surface area contributed by atoms with Crippen molar-refractivity contribution in [2.75, 3.05) is 27.0 Å². The molecule has 1 N–H and O–H groups in total. The summed E-state index contributed by atoms with van der Waals surface area (Å²) in [5.41, 5.74) is -0.544. The lowest BCUT2D eigenvalue weighted by Crippen LogP contribution is -2.51. The molecule has 0 aromatic carbocycles. The molecule has 3 atom stereocenters. The van der Waals surface area contributed by atoms with Gasteiger partial charge in [-0.25, -0.2) is 4.79 Å². The van der Waals surface area contributed by atoms with Crippen LogP contribution in [0.2, 0.25) is 0 Å². The average Bonchev–Trinajstić information content (AvgIpc) is 2.46. The lowest BCUT2D eigenvalue weighted by Gasteiger charge is -2.40. The van der Waals surface area contributed by atoms with Crippen molar-refractivity contribution < 1.29 is 24.1 Å². The Labute approximate surface area is 139 Å². The molecule has 1 heterocycles. The summed E-state index contributed by atoms with van der Waals surface area (Å²) in [4.78, 5) is 13.9. The second-order valence-electron chi connectivity index (χ2n) is 6.80. The Bertz CT molecular complexity index is 412. The van der Waals surface area contributed by atoms with E-state index >= 15 is 0 Å². The molecular formula is C17H29NO5. The van der Waals surface area contributed by atoms with E-state index in [-0.39, 0.29) is 24.9 Å². The van der Waals surface area contributed by atoms with Crippen LogP contribution in [0.15, 0.2) is 0 Å². The fraction of sp³-hybridized carbons (Fsp3) is 0.824. The first-order valence-electron chi connectivity index (χ1n) is 7.98. The van der Waals surface area contributed by atoms with Crippen LogP contribution in [0.5, 0.6) is 0 Å². The molecule has 132 valence electrons. The second kappa shape index (κ2) is 9.11. The van der Waals surface area contributed by atoms with E-state index in [0.717, 1.165) is 0 Å². The molecule has 1 rings (SSSR count). The first-order chi connectivity index (χ1) is 10.8. The van der Waals surface area contributed by atoms with Gasteiger partial charge in [-0.15, -0.1) is 12.3 Å². The first-order valence-corrected chi connectivity index (χ1v) is 7.98. The van der Waals surface area contributed by atoms with Gasteiger partial charge >= 0.3 is 6.09 Å². The van der Waals surface area contributed by atoms with Gasteiger partial charge in [-0.3, -0.25) is 0 Å². The minimum Gasteiger partial charge on any atom is -0.444 e. The molecule has 1 fully saturated rings. The van der Waals surface area contributed by atoms with Gasteiger partial charge in [-0.05, 0) is 33.6 Å². The number of hydrogen-bond donors (Lipinski definition) is 1. The average molecular weight is 327 g/mol. The van der Waals surface area contributed by atoms with Crippen molar-refractivity contribution in [3.8, 4) is 12.3 Å². The number of aliphatic hydroxyl groups excluding tert-OH is 1. The van der Waals surface area contributed by atoms with E-state index in [1.807, 2.05) is 20.8 Å². The molecule has 6 nitrogen and oxygen atoms in total. The van der Waals surface area contributed by atoms with Crippen molar-refractivity contribution >= 4 is 6.09 Å². The van der Waals surface area contributed by atoms with E-state index in [0.29, 0.717) is 32.4 Å². The van der Waals surface area contributed by atoms with Gasteiger partial charge < -0.3 is 24.2 Å². The van der Waals surface area contributed by atoms with Crippen molar-refractivity contribution in [1.29, 1.82) is 0 Å². The molecule has 0 aromatic rings. The SMILES string of the molecule is C#CCCC(OCOC)C1CN(C(=O)OC(C)(C)C)CCC1O. The zero-order chi connectivity index (χ0) is 17.5. The Morgan fingerprint density at radius 2 is 2.17 bits per heavy atom. The molecule has 6 heteroatoms. The molecule has 0 aliphatic carbocycles. The van der Waals surface area contributed by atoms with E-state index in [1.54, 1.807) is 12.0 Å². The molecule has 1 aliphatic rings. The highest BCUT2D eigenvalue weighted by Crippen LogP contribution is 2.26. The lowest BCUT2D eigenvalue weighted by molar-refractivity contribution is -0.125. The number of nitrogens with zero attached hydrogens (tertiary/aromatic N) is 1. The van der Waals surface area contributed by atoms with Gasteiger partial charge in [0.1, 0.15) is 12.4 Å². The van der Waals surface area contributed by atoms with Gasteiger partial charge in [-0.1, -0.05) is 0 Å². The van der Waals surface area contributed by atoms with Crippen LogP contribution in [0.1, 0.15) is 40.0 Å². The Morgan fingerprint density at radius 1 is 1.48 bits per heavy atom. The van der Waals surface area contributed by atoms with E-state index in [1.165, 1.54) is 0 Å². The topological polar surface area (TPSA) is 68.2 Å².